The summed E-state index contributed by atoms with van der Waals surface area (Å²) < 4.78 is 0.933. The molecule has 2 N–H and O–H groups in total. The number of carbonyl (C=O) groups excluding carboxylic acids is 2. The van der Waals surface area contributed by atoms with Crippen molar-refractivity contribution in [1.29, 1.82) is 0 Å². The maximum atomic E-state index is 12.0. The molecule has 0 aliphatic carbocycles. The van der Waals surface area contributed by atoms with Gasteiger partial charge in [-0.15, -0.1) is 0 Å². The molecule has 0 aliphatic rings. The molecule has 0 radical (unpaired) electrons. The molecule has 2 aromatic rings. The van der Waals surface area contributed by atoms with Crippen molar-refractivity contribution in [3.05, 3.63) is 62.0 Å². The number of hydrogen-bond acceptors (Lipinski definition) is 2. The molecular weight excluding hydrogens is 415 g/mol. The first-order chi connectivity index (χ1) is 11.4. The number of anilines is 1. The van der Waals surface area contributed by atoms with Gasteiger partial charge in [0.05, 0.1) is 13.0 Å². The molecule has 0 aliphatic heterocycles. The summed E-state index contributed by atoms with van der Waals surface area (Å²) in [7, 11) is 0. The van der Waals surface area contributed by atoms with Crippen LogP contribution in [0.4, 0.5) is 5.69 Å². The Morgan fingerprint density at radius 3 is 2.38 bits per heavy atom. The van der Waals surface area contributed by atoms with Crippen molar-refractivity contribution in [2.75, 3.05) is 11.9 Å². The van der Waals surface area contributed by atoms with Gasteiger partial charge in [-0.25, -0.2) is 0 Å². The van der Waals surface area contributed by atoms with Crippen LogP contribution in [0.5, 0.6) is 0 Å². The maximum absolute atomic E-state index is 12.0. The third-order valence-corrected chi connectivity index (χ3v) is 4.51. The summed E-state index contributed by atoms with van der Waals surface area (Å²) >= 11 is 15.4. The van der Waals surface area contributed by atoms with E-state index in [0.29, 0.717) is 21.3 Å². The predicted molar refractivity (Wildman–Crippen MR) is 101 cm³/mol. The van der Waals surface area contributed by atoms with Crippen LogP contribution in [0.1, 0.15) is 11.1 Å². The topological polar surface area (TPSA) is 58.2 Å². The zero-order valence-electron chi connectivity index (χ0n) is 12.8. The van der Waals surface area contributed by atoms with Crippen LogP contribution in [0.2, 0.25) is 10.0 Å². The van der Waals surface area contributed by atoms with Crippen molar-refractivity contribution in [1.82, 2.24) is 5.32 Å². The fourth-order valence-corrected chi connectivity index (χ4v) is 3.07. The Morgan fingerprint density at radius 2 is 1.75 bits per heavy atom. The molecule has 0 atom stereocenters. The van der Waals surface area contributed by atoms with Crippen LogP contribution in [-0.2, 0) is 16.0 Å². The zero-order valence-corrected chi connectivity index (χ0v) is 15.9. The molecular formula is C17H15BrCl2N2O2. The van der Waals surface area contributed by atoms with Gasteiger partial charge in [0.25, 0.3) is 0 Å². The van der Waals surface area contributed by atoms with Gasteiger partial charge in [-0.3, -0.25) is 9.59 Å². The van der Waals surface area contributed by atoms with E-state index in [0.717, 1.165) is 10.0 Å². The lowest BCUT2D eigenvalue weighted by Crippen LogP contribution is -2.34. The van der Waals surface area contributed by atoms with E-state index in [1.54, 1.807) is 24.3 Å². The highest BCUT2D eigenvalue weighted by Crippen LogP contribution is 2.24. The maximum Gasteiger partial charge on any atom is 0.243 e. The number of aryl methyl sites for hydroxylation is 1. The van der Waals surface area contributed by atoms with Gasteiger partial charge in [0, 0.05) is 20.2 Å². The van der Waals surface area contributed by atoms with E-state index in [1.807, 2.05) is 19.1 Å². The summed E-state index contributed by atoms with van der Waals surface area (Å²) in [6, 6.07) is 10.6. The Balaban J connectivity index is 1.88. The van der Waals surface area contributed by atoms with Crippen molar-refractivity contribution in [2.45, 2.75) is 13.3 Å². The summed E-state index contributed by atoms with van der Waals surface area (Å²) in [5, 5.41) is 6.16. The number of benzene rings is 2. The van der Waals surface area contributed by atoms with Gasteiger partial charge in [0.15, 0.2) is 0 Å². The lowest BCUT2D eigenvalue weighted by atomic mass is 10.1. The van der Waals surface area contributed by atoms with Gasteiger partial charge in [0.2, 0.25) is 11.8 Å². The van der Waals surface area contributed by atoms with E-state index < -0.39 is 0 Å². The highest BCUT2D eigenvalue weighted by Gasteiger charge is 2.12. The molecule has 7 heteroatoms. The first-order valence-corrected chi connectivity index (χ1v) is 8.67. The second kappa shape index (κ2) is 8.51. The van der Waals surface area contributed by atoms with Crippen molar-refractivity contribution < 1.29 is 9.59 Å². The average molecular weight is 430 g/mol. The molecule has 0 unspecified atom stereocenters. The van der Waals surface area contributed by atoms with Crippen molar-refractivity contribution >= 4 is 56.6 Å². The number of carbonyl (C=O) groups is 2. The van der Waals surface area contributed by atoms with Crippen molar-refractivity contribution in [2.24, 2.45) is 0 Å². The van der Waals surface area contributed by atoms with Crippen LogP contribution in [0.15, 0.2) is 40.9 Å². The Morgan fingerprint density at radius 1 is 1.08 bits per heavy atom. The minimum atomic E-state index is -0.326. The van der Waals surface area contributed by atoms with Crippen LogP contribution in [0.3, 0.4) is 0 Å². The quantitative estimate of drug-likeness (QED) is 0.741. The van der Waals surface area contributed by atoms with Gasteiger partial charge >= 0.3 is 0 Å². The second-order valence-corrected chi connectivity index (χ2v) is 6.89. The van der Waals surface area contributed by atoms with E-state index in [2.05, 4.69) is 26.6 Å². The lowest BCUT2D eigenvalue weighted by molar-refractivity contribution is -0.123. The Labute approximate surface area is 158 Å². The van der Waals surface area contributed by atoms with Crippen molar-refractivity contribution in [3.63, 3.8) is 0 Å². The zero-order chi connectivity index (χ0) is 17.7. The molecule has 126 valence electrons. The minimum absolute atomic E-state index is 0.0170. The molecule has 0 fully saturated rings. The molecule has 0 heterocycles. The standard InChI is InChI=1S/C17H15BrCl2N2O2/c1-10-7-11(18)5-6-15(10)22-17(24)9-21-16(23)8-12-13(19)3-2-4-14(12)20/h2-7H,8-9H2,1H3,(H,21,23)(H,22,24). The first kappa shape index (κ1) is 18.8. The molecule has 2 rings (SSSR count). The fourth-order valence-electron chi connectivity index (χ4n) is 2.06. The SMILES string of the molecule is Cc1cc(Br)ccc1NC(=O)CNC(=O)Cc1c(Cl)cccc1Cl. The fraction of sp³-hybridized carbons (Fsp3) is 0.176. The highest BCUT2D eigenvalue weighted by molar-refractivity contribution is 9.10. The molecule has 0 aromatic heterocycles. The summed E-state index contributed by atoms with van der Waals surface area (Å²) in [5.41, 5.74) is 2.17. The Kier molecular flexibility index (Phi) is 6.66. The Hall–Kier alpha value is -1.56. The monoisotopic (exact) mass is 428 g/mol. The van der Waals surface area contributed by atoms with E-state index in [-0.39, 0.29) is 24.8 Å². The van der Waals surface area contributed by atoms with Crippen LogP contribution in [-0.4, -0.2) is 18.4 Å². The molecule has 4 nitrogen and oxygen atoms in total. The molecule has 0 bridgehead atoms. The van der Waals surface area contributed by atoms with Crippen LogP contribution in [0, 0.1) is 6.92 Å². The van der Waals surface area contributed by atoms with E-state index >= 15 is 0 Å². The van der Waals surface area contributed by atoms with Crippen LogP contribution >= 0.6 is 39.1 Å². The van der Waals surface area contributed by atoms with Crippen LogP contribution < -0.4 is 10.6 Å². The minimum Gasteiger partial charge on any atom is -0.347 e. The van der Waals surface area contributed by atoms with Crippen LogP contribution in [0.25, 0.3) is 0 Å². The van der Waals surface area contributed by atoms with E-state index in [1.165, 1.54) is 0 Å². The van der Waals surface area contributed by atoms with Gasteiger partial charge in [-0.05, 0) is 48.4 Å². The number of nitrogens with one attached hydrogen (secondary N) is 2. The summed E-state index contributed by atoms with van der Waals surface area (Å²) in [6.45, 7) is 1.76. The van der Waals surface area contributed by atoms with Crippen molar-refractivity contribution in [3.8, 4) is 0 Å². The number of amides is 2. The molecule has 0 saturated carbocycles. The summed E-state index contributed by atoms with van der Waals surface area (Å²) in [6.07, 6.45) is 0.0170. The number of halogens is 3. The molecule has 2 amide bonds. The largest absolute Gasteiger partial charge is 0.347 e. The average Bonchev–Trinajstić information content (AvgIpc) is 2.52. The highest BCUT2D eigenvalue weighted by atomic mass is 79.9. The summed E-state index contributed by atoms with van der Waals surface area (Å²) in [5.74, 6) is -0.633. The molecule has 2 aromatic carbocycles. The second-order valence-electron chi connectivity index (χ2n) is 5.16. The third-order valence-electron chi connectivity index (χ3n) is 3.31. The number of hydrogen-bond donors (Lipinski definition) is 2. The number of rotatable bonds is 5. The smallest absolute Gasteiger partial charge is 0.243 e. The third kappa shape index (κ3) is 5.23. The van der Waals surface area contributed by atoms with E-state index in [4.69, 9.17) is 23.2 Å². The van der Waals surface area contributed by atoms with Gasteiger partial charge in [-0.1, -0.05) is 45.2 Å². The summed E-state index contributed by atoms with van der Waals surface area (Å²) in [4.78, 5) is 23.9. The van der Waals surface area contributed by atoms with Gasteiger partial charge < -0.3 is 10.6 Å². The van der Waals surface area contributed by atoms with Gasteiger partial charge in [-0.2, -0.15) is 0 Å². The predicted octanol–water partition coefficient (Wildman–Crippen LogP) is 4.36. The lowest BCUT2D eigenvalue weighted by Gasteiger charge is -2.10. The van der Waals surface area contributed by atoms with Gasteiger partial charge in [0.1, 0.15) is 0 Å². The molecule has 0 spiro atoms. The first-order valence-electron chi connectivity index (χ1n) is 7.12. The normalized spacial score (nSPS) is 10.3. The Bertz CT molecular complexity index is 761. The molecule has 0 saturated heterocycles. The van der Waals surface area contributed by atoms with E-state index in [9.17, 15) is 9.59 Å². The molecule has 24 heavy (non-hydrogen) atoms.